The number of hydrogen-bond acceptors (Lipinski definition) is 4. The van der Waals surface area contributed by atoms with Gasteiger partial charge in [0.25, 0.3) is 5.91 Å². The monoisotopic (exact) mass is 324 g/mol. The van der Waals surface area contributed by atoms with Gasteiger partial charge in [0, 0.05) is 11.5 Å². The van der Waals surface area contributed by atoms with Crippen molar-refractivity contribution in [3.63, 3.8) is 0 Å². The average Bonchev–Trinajstić information content (AvgIpc) is 2.66. The number of carbonyl (C=O) groups excluding carboxylic acids is 2. The molecule has 122 valence electrons. The van der Waals surface area contributed by atoms with Crippen molar-refractivity contribution < 1.29 is 14.7 Å². The molecule has 3 N–H and O–H groups in total. The number of aliphatic hydroxyl groups is 1. The van der Waals surface area contributed by atoms with Gasteiger partial charge in [-0.3, -0.25) is 9.59 Å². The van der Waals surface area contributed by atoms with Crippen LogP contribution in [-0.4, -0.2) is 28.6 Å². The van der Waals surface area contributed by atoms with E-state index >= 15 is 0 Å². The summed E-state index contributed by atoms with van der Waals surface area (Å²) in [6.07, 6.45) is 1.16. The van der Waals surface area contributed by atoms with Gasteiger partial charge < -0.3 is 15.7 Å². The fourth-order valence-electron chi connectivity index (χ4n) is 2.42. The number of nitrogens with one attached hydrogen (secondary N) is 2. The van der Waals surface area contributed by atoms with Gasteiger partial charge >= 0.3 is 0 Å². The third kappa shape index (κ3) is 3.87. The van der Waals surface area contributed by atoms with E-state index in [1.807, 2.05) is 33.8 Å². The van der Waals surface area contributed by atoms with Crippen LogP contribution in [0.3, 0.4) is 0 Å². The first kappa shape index (κ1) is 17.0. The molecule has 2 amide bonds. The molecule has 1 aromatic rings. The molecule has 1 fully saturated rings. The van der Waals surface area contributed by atoms with E-state index in [1.54, 1.807) is 6.92 Å². The first-order valence-electron chi connectivity index (χ1n) is 7.43. The minimum Gasteiger partial charge on any atom is -0.390 e. The number of hydrogen-bond donors (Lipinski definition) is 3. The van der Waals surface area contributed by atoms with Crippen molar-refractivity contribution in [3.8, 4) is 0 Å². The number of thiophene rings is 1. The topological polar surface area (TPSA) is 78.4 Å². The van der Waals surface area contributed by atoms with Crippen LogP contribution in [0.25, 0.3) is 0 Å². The SMILES string of the molecule is Cc1cc(NC(=O)C(C)(C)C)sc1C(=O)NC1CC(C)(O)C1. The van der Waals surface area contributed by atoms with Crippen LogP contribution < -0.4 is 10.6 Å². The lowest BCUT2D eigenvalue weighted by atomic mass is 9.77. The molecule has 1 aliphatic carbocycles. The number of carbonyl (C=O) groups is 2. The predicted octanol–water partition coefficient (Wildman–Crippen LogP) is 2.68. The zero-order valence-corrected chi connectivity index (χ0v) is 14.6. The first-order valence-corrected chi connectivity index (χ1v) is 8.25. The van der Waals surface area contributed by atoms with Crippen molar-refractivity contribution in [3.05, 3.63) is 16.5 Å². The summed E-state index contributed by atoms with van der Waals surface area (Å²) in [5, 5.41) is 16.2. The maximum Gasteiger partial charge on any atom is 0.261 e. The van der Waals surface area contributed by atoms with E-state index in [2.05, 4.69) is 10.6 Å². The lowest BCUT2D eigenvalue weighted by Crippen LogP contribution is -2.53. The van der Waals surface area contributed by atoms with Crippen LogP contribution in [0.4, 0.5) is 5.00 Å². The van der Waals surface area contributed by atoms with Crippen molar-refractivity contribution in [1.82, 2.24) is 5.32 Å². The Bertz CT molecular complexity index is 591. The van der Waals surface area contributed by atoms with Crippen molar-refractivity contribution in [2.24, 2.45) is 5.41 Å². The Labute approximate surface area is 135 Å². The van der Waals surface area contributed by atoms with E-state index < -0.39 is 11.0 Å². The highest BCUT2D eigenvalue weighted by molar-refractivity contribution is 7.18. The molecule has 22 heavy (non-hydrogen) atoms. The molecule has 1 aromatic heterocycles. The fourth-order valence-corrected chi connectivity index (χ4v) is 3.39. The highest BCUT2D eigenvalue weighted by Crippen LogP contribution is 2.33. The minimum atomic E-state index is -0.658. The Balaban J connectivity index is 2.00. The van der Waals surface area contributed by atoms with Crippen LogP contribution in [0.5, 0.6) is 0 Å². The Morgan fingerprint density at radius 1 is 1.36 bits per heavy atom. The van der Waals surface area contributed by atoms with Crippen molar-refractivity contribution in [2.75, 3.05) is 5.32 Å². The standard InChI is InChI=1S/C16H24N2O3S/c1-9-6-11(18-14(20)15(2,3)4)22-12(9)13(19)17-10-7-16(5,21)8-10/h6,10,21H,7-8H2,1-5H3,(H,17,19)(H,18,20). The molecule has 1 saturated carbocycles. The lowest BCUT2D eigenvalue weighted by molar-refractivity contribution is -0.123. The molecule has 0 aromatic carbocycles. The van der Waals surface area contributed by atoms with Gasteiger partial charge in [-0.25, -0.2) is 0 Å². The summed E-state index contributed by atoms with van der Waals surface area (Å²) < 4.78 is 0. The van der Waals surface area contributed by atoms with E-state index in [4.69, 9.17) is 0 Å². The number of anilines is 1. The third-order valence-corrected chi connectivity index (χ3v) is 4.90. The van der Waals surface area contributed by atoms with Crippen LogP contribution >= 0.6 is 11.3 Å². The van der Waals surface area contributed by atoms with E-state index in [0.29, 0.717) is 22.7 Å². The van der Waals surface area contributed by atoms with E-state index in [-0.39, 0.29) is 17.9 Å². The van der Waals surface area contributed by atoms with Crippen molar-refractivity contribution in [2.45, 2.75) is 59.1 Å². The summed E-state index contributed by atoms with van der Waals surface area (Å²) in [5.74, 6) is -0.213. The van der Waals surface area contributed by atoms with Crippen molar-refractivity contribution in [1.29, 1.82) is 0 Å². The molecular weight excluding hydrogens is 300 g/mol. The Morgan fingerprint density at radius 2 is 1.95 bits per heavy atom. The van der Waals surface area contributed by atoms with Gasteiger partial charge in [-0.15, -0.1) is 11.3 Å². The summed E-state index contributed by atoms with van der Waals surface area (Å²) in [5.41, 5.74) is -0.288. The molecule has 0 bridgehead atoms. The summed E-state index contributed by atoms with van der Waals surface area (Å²) in [6, 6.07) is 1.84. The molecule has 1 aliphatic rings. The largest absolute Gasteiger partial charge is 0.390 e. The van der Waals surface area contributed by atoms with E-state index in [1.165, 1.54) is 11.3 Å². The maximum absolute atomic E-state index is 12.3. The highest BCUT2D eigenvalue weighted by atomic mass is 32.1. The molecule has 5 nitrogen and oxygen atoms in total. The number of rotatable bonds is 3. The zero-order valence-electron chi connectivity index (χ0n) is 13.7. The second-order valence-electron chi connectivity index (χ2n) is 7.40. The van der Waals surface area contributed by atoms with Gasteiger partial charge in [-0.1, -0.05) is 20.8 Å². The smallest absolute Gasteiger partial charge is 0.261 e. The van der Waals surface area contributed by atoms with Gasteiger partial charge in [0.1, 0.15) is 0 Å². The molecule has 0 atom stereocenters. The van der Waals surface area contributed by atoms with Gasteiger partial charge in [-0.2, -0.15) is 0 Å². The molecule has 6 heteroatoms. The second-order valence-corrected chi connectivity index (χ2v) is 8.45. The third-order valence-electron chi connectivity index (χ3n) is 3.75. The first-order chi connectivity index (χ1) is 9.98. The van der Waals surface area contributed by atoms with Gasteiger partial charge in [0.15, 0.2) is 0 Å². The molecule has 0 unspecified atom stereocenters. The lowest BCUT2D eigenvalue weighted by Gasteiger charge is -2.41. The molecule has 0 spiro atoms. The van der Waals surface area contributed by atoms with Crippen LogP contribution in [0.2, 0.25) is 0 Å². The Kier molecular flexibility index (Phi) is 4.37. The van der Waals surface area contributed by atoms with Gasteiger partial charge in [-0.05, 0) is 38.3 Å². The average molecular weight is 324 g/mol. The van der Waals surface area contributed by atoms with Gasteiger partial charge in [0.05, 0.1) is 15.5 Å². The predicted molar refractivity (Wildman–Crippen MR) is 88.3 cm³/mol. The summed E-state index contributed by atoms with van der Waals surface area (Å²) in [6.45, 7) is 9.16. The molecule has 0 saturated heterocycles. The highest BCUT2D eigenvalue weighted by Gasteiger charge is 2.39. The van der Waals surface area contributed by atoms with Crippen LogP contribution in [0.15, 0.2) is 6.07 Å². The molecule has 0 aliphatic heterocycles. The van der Waals surface area contributed by atoms with Gasteiger partial charge in [0.2, 0.25) is 5.91 Å². The van der Waals surface area contributed by atoms with Crippen LogP contribution in [0, 0.1) is 12.3 Å². The molecule has 1 heterocycles. The normalized spacial score (nSPS) is 24.5. The second kappa shape index (κ2) is 5.66. The summed E-state index contributed by atoms with van der Waals surface area (Å²) >= 11 is 1.28. The van der Waals surface area contributed by atoms with Crippen molar-refractivity contribution >= 4 is 28.2 Å². The van der Waals surface area contributed by atoms with Crippen LogP contribution in [-0.2, 0) is 4.79 Å². The van der Waals surface area contributed by atoms with Crippen LogP contribution in [0.1, 0.15) is 55.8 Å². The summed E-state index contributed by atoms with van der Waals surface area (Å²) in [7, 11) is 0. The molecule has 0 radical (unpaired) electrons. The molecule has 2 rings (SSSR count). The quantitative estimate of drug-likeness (QED) is 0.800. The van der Waals surface area contributed by atoms with E-state index in [9.17, 15) is 14.7 Å². The zero-order chi connectivity index (χ0) is 16.7. The van der Waals surface area contributed by atoms with E-state index in [0.717, 1.165) is 5.56 Å². The maximum atomic E-state index is 12.3. The number of aryl methyl sites for hydroxylation is 1. The summed E-state index contributed by atoms with van der Waals surface area (Å²) in [4.78, 5) is 24.9. The minimum absolute atomic E-state index is 0.0246. The molecular formula is C16H24N2O3S. The Morgan fingerprint density at radius 3 is 2.45 bits per heavy atom. The fraction of sp³-hybridized carbons (Fsp3) is 0.625. The Hall–Kier alpha value is -1.40. The number of amides is 2.